The van der Waals surface area contributed by atoms with Crippen LogP contribution in [0, 0.1) is 11.7 Å². The van der Waals surface area contributed by atoms with Crippen LogP contribution in [0.5, 0.6) is 5.75 Å². The number of nitrogens with zero attached hydrogens (tertiary/aromatic N) is 7. The Labute approximate surface area is 358 Å². The molecule has 10 rings (SSSR count). The summed E-state index contributed by atoms with van der Waals surface area (Å²) in [6, 6.07) is 11.4. The maximum atomic E-state index is 16.1. The second kappa shape index (κ2) is 15.8. The summed E-state index contributed by atoms with van der Waals surface area (Å²) in [6.45, 7) is 15.0. The number of nitrogens with one attached hydrogen (secondary N) is 2. The van der Waals surface area contributed by atoms with Crippen LogP contribution in [0.3, 0.4) is 0 Å². The maximum absolute atomic E-state index is 16.1. The van der Waals surface area contributed by atoms with Crippen LogP contribution in [0.25, 0.3) is 22.3 Å². The van der Waals surface area contributed by atoms with Crippen LogP contribution < -0.4 is 19.9 Å². The number of carbonyl (C=O) groups excluding carboxylic acids is 1. The van der Waals surface area contributed by atoms with Gasteiger partial charge in [-0.2, -0.15) is 5.10 Å². The molecule has 61 heavy (non-hydrogen) atoms. The fraction of sp³-hybridized carbons (Fsp3) is 0.617. The number of ether oxygens (including phenoxy) is 2. The quantitative estimate of drug-likeness (QED) is 0.159. The van der Waals surface area contributed by atoms with E-state index in [1.165, 1.54) is 0 Å². The van der Waals surface area contributed by atoms with Crippen LogP contribution in [-0.2, 0) is 11.3 Å². The molecule has 4 aromatic rings. The van der Waals surface area contributed by atoms with Crippen LogP contribution >= 0.6 is 0 Å². The number of benzene rings is 2. The number of fused-ring (bicyclic) bond motifs is 2. The number of hydrogen-bond acceptors (Lipinski definition) is 11. The zero-order valence-electron chi connectivity index (χ0n) is 36.3. The van der Waals surface area contributed by atoms with Gasteiger partial charge in [0.2, 0.25) is 0 Å². The number of piperidine rings is 4. The van der Waals surface area contributed by atoms with Crippen molar-refractivity contribution in [3.8, 4) is 17.1 Å². The number of amides is 1. The lowest BCUT2D eigenvalue weighted by molar-refractivity contribution is -0.0860. The Bertz CT molecular complexity index is 2260. The highest BCUT2D eigenvalue weighted by Crippen LogP contribution is 2.42. The van der Waals surface area contributed by atoms with Crippen molar-refractivity contribution in [2.75, 3.05) is 55.6 Å². The van der Waals surface area contributed by atoms with Gasteiger partial charge in [0.25, 0.3) is 5.91 Å². The fourth-order valence-corrected chi connectivity index (χ4v) is 10.8. The van der Waals surface area contributed by atoms with Crippen molar-refractivity contribution in [1.82, 2.24) is 35.3 Å². The van der Waals surface area contributed by atoms with E-state index in [9.17, 15) is 9.90 Å². The summed E-state index contributed by atoms with van der Waals surface area (Å²) >= 11 is 0. The van der Waals surface area contributed by atoms with Crippen LogP contribution in [-0.4, -0.2) is 122 Å². The van der Waals surface area contributed by atoms with Gasteiger partial charge in [0.1, 0.15) is 34.9 Å². The Hall–Kier alpha value is -4.37. The summed E-state index contributed by atoms with van der Waals surface area (Å²) < 4.78 is 29.2. The molecule has 0 radical (unpaired) electrons. The molecule has 5 aliphatic heterocycles. The average Bonchev–Trinajstić information content (AvgIpc) is 3.66. The molecule has 2 aromatic carbocycles. The van der Waals surface area contributed by atoms with E-state index in [0.717, 1.165) is 118 Å². The predicted octanol–water partition coefficient (Wildman–Crippen LogP) is 6.65. The van der Waals surface area contributed by atoms with Crippen LogP contribution in [0.4, 0.5) is 15.9 Å². The molecule has 1 saturated carbocycles. The molecule has 1 amide bonds. The number of carbonyl (C=O) groups is 1. The van der Waals surface area contributed by atoms with Crippen molar-refractivity contribution in [2.24, 2.45) is 5.92 Å². The molecule has 326 valence electrons. The molecular weight excluding hydrogens is 774 g/mol. The number of likely N-dealkylation sites (tertiary alicyclic amines) is 1. The second-order valence-electron chi connectivity index (χ2n) is 19.8. The van der Waals surface area contributed by atoms with E-state index in [4.69, 9.17) is 14.5 Å². The third kappa shape index (κ3) is 8.09. The number of aromatic nitrogens is 4. The van der Waals surface area contributed by atoms with Gasteiger partial charge in [-0.05, 0) is 135 Å². The van der Waals surface area contributed by atoms with Crippen molar-refractivity contribution < 1.29 is 23.8 Å². The first kappa shape index (κ1) is 40.7. The lowest BCUT2D eigenvalue weighted by Crippen LogP contribution is -2.62. The summed E-state index contributed by atoms with van der Waals surface area (Å²) in [5, 5.41) is 22.9. The van der Waals surface area contributed by atoms with Gasteiger partial charge in [0.05, 0.1) is 41.7 Å². The molecule has 2 unspecified atom stereocenters. The van der Waals surface area contributed by atoms with E-state index in [-0.39, 0.29) is 47.7 Å². The molecule has 3 N–H and O–H groups in total. The molecule has 0 spiro atoms. The van der Waals surface area contributed by atoms with E-state index in [2.05, 4.69) is 68.1 Å². The Morgan fingerprint density at radius 1 is 0.902 bits per heavy atom. The third-order valence-corrected chi connectivity index (χ3v) is 14.8. The predicted molar refractivity (Wildman–Crippen MR) is 233 cm³/mol. The topological polar surface area (TPSA) is 135 Å². The zero-order valence-corrected chi connectivity index (χ0v) is 36.3. The van der Waals surface area contributed by atoms with Gasteiger partial charge in [-0.25, -0.2) is 14.4 Å². The third-order valence-electron chi connectivity index (χ3n) is 14.8. The Morgan fingerprint density at radius 3 is 2.43 bits per heavy atom. The molecule has 6 aliphatic rings. The number of H-pyrrole nitrogens is 1. The number of rotatable bonds is 10. The first-order valence-electron chi connectivity index (χ1n) is 22.8. The van der Waals surface area contributed by atoms with E-state index >= 15 is 4.39 Å². The molecule has 5 fully saturated rings. The Kier molecular flexibility index (Phi) is 10.5. The van der Waals surface area contributed by atoms with Gasteiger partial charge in [-0.3, -0.25) is 20.1 Å². The van der Waals surface area contributed by atoms with Crippen LogP contribution in [0.1, 0.15) is 108 Å². The van der Waals surface area contributed by atoms with E-state index in [1.54, 1.807) is 30.3 Å². The second-order valence-corrected chi connectivity index (χ2v) is 19.8. The summed E-state index contributed by atoms with van der Waals surface area (Å²) in [5.74, 6) is 1.94. The lowest BCUT2D eigenvalue weighted by atomic mass is 9.85. The van der Waals surface area contributed by atoms with Crippen molar-refractivity contribution in [1.29, 1.82) is 0 Å². The highest BCUT2D eigenvalue weighted by atomic mass is 19.1. The molecule has 1 aliphatic carbocycles. The summed E-state index contributed by atoms with van der Waals surface area (Å²) in [6.07, 6.45) is 11.7. The van der Waals surface area contributed by atoms with Gasteiger partial charge >= 0.3 is 0 Å². The summed E-state index contributed by atoms with van der Waals surface area (Å²) in [7, 11) is 0. The Morgan fingerprint density at radius 2 is 1.67 bits per heavy atom. The largest absolute Gasteiger partial charge is 0.488 e. The van der Waals surface area contributed by atoms with Crippen molar-refractivity contribution in [3.63, 3.8) is 0 Å². The summed E-state index contributed by atoms with van der Waals surface area (Å²) in [5.41, 5.74) is 2.83. The molecule has 14 heteroatoms. The maximum Gasteiger partial charge on any atom is 0.255 e. The van der Waals surface area contributed by atoms with Gasteiger partial charge < -0.3 is 29.3 Å². The lowest BCUT2D eigenvalue weighted by Gasteiger charge is -2.48. The highest BCUT2D eigenvalue weighted by Gasteiger charge is 2.45. The first-order valence-corrected chi connectivity index (χ1v) is 22.8. The molecular formula is C47H62FN9O4. The Balaban J connectivity index is 0.694. The number of halogens is 1. The number of anilines is 2. The summed E-state index contributed by atoms with van der Waals surface area (Å²) in [4.78, 5) is 31.5. The van der Waals surface area contributed by atoms with Gasteiger partial charge in [0.15, 0.2) is 5.82 Å². The molecule has 4 saturated heterocycles. The average molecular weight is 836 g/mol. The number of aromatic amines is 1. The van der Waals surface area contributed by atoms with E-state index in [0.29, 0.717) is 48.8 Å². The number of hydrogen-bond donors (Lipinski definition) is 3. The van der Waals surface area contributed by atoms with E-state index < -0.39 is 5.72 Å². The molecule has 3 atom stereocenters. The molecule has 7 heterocycles. The molecule has 13 nitrogen and oxygen atoms in total. The standard InChI is InChI=1S/C47H62FN9O4/c1-45(2)26-33(60-31-13-21-54(22-14-31)39-10-8-34-36(42(39)48)28-57(44(34)58)40-6-5-18-51-47(40,4)59)15-23-56(45)27-30-11-19-55(20-12-30)41-25-38(49-29-50-41)43-35-24-32(61-46(3)16-17-46)7-9-37(35)52-53-43/h7-10,24-25,29-31,33,40,51,59H,5-6,11-23,26-28H2,1-4H3,(H,52,53)/t33-,40?,47?/m0/s1. The van der Waals surface area contributed by atoms with Gasteiger partial charge in [-0.1, -0.05) is 0 Å². The minimum absolute atomic E-state index is 0.0376. The minimum atomic E-state index is -1.19. The van der Waals surface area contributed by atoms with Crippen LogP contribution in [0.15, 0.2) is 42.7 Å². The van der Waals surface area contributed by atoms with Gasteiger partial charge in [0, 0.05) is 67.4 Å². The number of aliphatic hydroxyl groups is 1. The van der Waals surface area contributed by atoms with Crippen molar-refractivity contribution in [3.05, 3.63) is 59.7 Å². The molecule has 0 bridgehead atoms. The van der Waals surface area contributed by atoms with Crippen molar-refractivity contribution in [2.45, 2.75) is 134 Å². The smallest absolute Gasteiger partial charge is 0.255 e. The SMILES string of the molecule is CC1(Oc2ccc3[nH]nc(-c4cc(N5CCC(CN6CC[C@H](OC7CCN(c8ccc9c(c8F)CN(C8CCCNC8(C)O)C9=O)CC7)CC6(C)C)CC5)ncn4)c3c2)CC1. The normalized spacial score (nSPS) is 27.2. The minimum Gasteiger partial charge on any atom is -0.488 e. The van der Waals surface area contributed by atoms with Gasteiger partial charge in [-0.15, -0.1) is 0 Å². The van der Waals surface area contributed by atoms with Crippen molar-refractivity contribution >= 4 is 28.3 Å². The monoisotopic (exact) mass is 835 g/mol. The first-order chi connectivity index (χ1) is 29.3. The highest BCUT2D eigenvalue weighted by molar-refractivity contribution is 5.99. The van der Waals surface area contributed by atoms with Crippen LogP contribution in [0.2, 0.25) is 0 Å². The van der Waals surface area contributed by atoms with E-state index in [1.807, 2.05) is 12.1 Å². The zero-order chi connectivity index (χ0) is 42.1. The fourth-order valence-electron chi connectivity index (χ4n) is 10.8. The molecule has 2 aromatic heterocycles.